The number of furan rings is 1. The van der Waals surface area contributed by atoms with Gasteiger partial charge >= 0.3 is 0 Å². The zero-order chi connectivity index (χ0) is 13.9. The third kappa shape index (κ3) is 2.64. The normalized spacial score (nSPS) is 18.2. The van der Waals surface area contributed by atoms with E-state index in [1.54, 1.807) is 23.1 Å². The third-order valence-electron chi connectivity index (χ3n) is 3.23. The lowest BCUT2D eigenvalue weighted by Gasteiger charge is -2.15. The highest BCUT2D eigenvalue weighted by Crippen LogP contribution is 2.18. The summed E-state index contributed by atoms with van der Waals surface area (Å²) >= 11 is 0. The lowest BCUT2D eigenvalue weighted by atomic mass is 10.3. The summed E-state index contributed by atoms with van der Waals surface area (Å²) in [6, 6.07) is 7.02. The molecule has 1 fully saturated rings. The number of hydrogen-bond acceptors (Lipinski definition) is 5. The molecule has 0 bridgehead atoms. The van der Waals surface area contributed by atoms with E-state index in [-0.39, 0.29) is 12.0 Å². The molecule has 1 amide bonds. The molecular weight excluding hydrogens is 258 g/mol. The summed E-state index contributed by atoms with van der Waals surface area (Å²) in [5.41, 5.74) is 0.846. The number of likely N-dealkylation sites (tertiary alicyclic amines) is 1. The van der Waals surface area contributed by atoms with Crippen LogP contribution >= 0.6 is 0 Å². The van der Waals surface area contributed by atoms with Crippen LogP contribution in [0.5, 0.6) is 5.88 Å². The van der Waals surface area contributed by atoms with Crippen LogP contribution in [0, 0.1) is 6.92 Å². The molecule has 20 heavy (non-hydrogen) atoms. The minimum absolute atomic E-state index is 0.0501. The maximum Gasteiger partial charge on any atom is 0.289 e. The summed E-state index contributed by atoms with van der Waals surface area (Å²) in [6.45, 7) is 3.06. The molecule has 2 aromatic heterocycles. The topological polar surface area (TPSA) is 68.5 Å². The minimum Gasteiger partial charge on any atom is -0.471 e. The standard InChI is InChI=1S/C14H15N3O3/c1-10-4-5-13(16-15-10)20-11-6-7-17(9-11)14(18)12-3-2-8-19-12/h2-5,8,11H,6-7,9H2,1H3/t11-/m0/s1. The molecule has 0 radical (unpaired) electrons. The van der Waals surface area contributed by atoms with Crippen LogP contribution in [0.15, 0.2) is 34.9 Å². The average molecular weight is 273 g/mol. The highest BCUT2D eigenvalue weighted by Gasteiger charge is 2.29. The molecule has 1 saturated heterocycles. The van der Waals surface area contributed by atoms with Crippen LogP contribution in [0.1, 0.15) is 22.7 Å². The first-order chi connectivity index (χ1) is 9.72. The predicted octanol–water partition coefficient (Wildman–Crippen LogP) is 1.67. The molecule has 3 heterocycles. The lowest BCUT2D eigenvalue weighted by molar-refractivity contribution is 0.0739. The second kappa shape index (κ2) is 5.32. The van der Waals surface area contributed by atoms with Crippen LogP contribution in [0.3, 0.4) is 0 Å². The average Bonchev–Trinajstić information content (AvgIpc) is 3.12. The number of carbonyl (C=O) groups excluding carboxylic acids is 1. The Morgan fingerprint density at radius 3 is 3.00 bits per heavy atom. The molecule has 0 unspecified atom stereocenters. The Morgan fingerprint density at radius 1 is 1.40 bits per heavy atom. The van der Waals surface area contributed by atoms with Gasteiger partial charge in [0.15, 0.2) is 5.76 Å². The van der Waals surface area contributed by atoms with Gasteiger partial charge in [-0.15, -0.1) is 5.10 Å². The number of aryl methyl sites for hydroxylation is 1. The van der Waals surface area contributed by atoms with Gasteiger partial charge in [0, 0.05) is 19.0 Å². The molecule has 3 rings (SSSR count). The van der Waals surface area contributed by atoms with Gasteiger partial charge in [-0.25, -0.2) is 0 Å². The van der Waals surface area contributed by atoms with E-state index < -0.39 is 0 Å². The molecule has 6 heteroatoms. The quantitative estimate of drug-likeness (QED) is 0.851. The van der Waals surface area contributed by atoms with Crippen molar-refractivity contribution in [1.29, 1.82) is 0 Å². The van der Waals surface area contributed by atoms with Gasteiger partial charge in [-0.05, 0) is 25.1 Å². The van der Waals surface area contributed by atoms with Gasteiger partial charge in [-0.2, -0.15) is 5.10 Å². The van der Waals surface area contributed by atoms with E-state index in [1.807, 2.05) is 13.0 Å². The van der Waals surface area contributed by atoms with Crippen molar-refractivity contribution in [1.82, 2.24) is 15.1 Å². The molecule has 104 valence electrons. The van der Waals surface area contributed by atoms with Crippen molar-refractivity contribution in [2.75, 3.05) is 13.1 Å². The number of carbonyl (C=O) groups is 1. The second-order valence-electron chi connectivity index (χ2n) is 4.77. The molecule has 1 atom stereocenters. The Bertz CT molecular complexity index is 580. The Balaban J connectivity index is 1.59. The Hall–Kier alpha value is -2.37. The van der Waals surface area contributed by atoms with Crippen LogP contribution in [-0.4, -0.2) is 40.2 Å². The fraction of sp³-hybridized carbons (Fsp3) is 0.357. The van der Waals surface area contributed by atoms with Gasteiger partial charge in [0.1, 0.15) is 6.10 Å². The van der Waals surface area contributed by atoms with Crippen LogP contribution in [0.4, 0.5) is 0 Å². The maximum absolute atomic E-state index is 12.1. The van der Waals surface area contributed by atoms with E-state index in [0.29, 0.717) is 24.7 Å². The molecule has 1 aliphatic rings. The summed E-state index contributed by atoms with van der Waals surface area (Å²) in [4.78, 5) is 13.8. The summed E-state index contributed by atoms with van der Waals surface area (Å²) in [6.07, 6.45) is 2.23. The van der Waals surface area contributed by atoms with Gasteiger partial charge in [-0.1, -0.05) is 0 Å². The first kappa shape index (κ1) is 12.7. The van der Waals surface area contributed by atoms with Gasteiger partial charge in [0.2, 0.25) is 5.88 Å². The van der Waals surface area contributed by atoms with E-state index in [4.69, 9.17) is 9.15 Å². The summed E-state index contributed by atoms with van der Waals surface area (Å²) in [7, 11) is 0. The summed E-state index contributed by atoms with van der Waals surface area (Å²) in [5, 5.41) is 7.91. The first-order valence-corrected chi connectivity index (χ1v) is 6.52. The fourth-order valence-corrected chi connectivity index (χ4v) is 2.19. The molecule has 0 aromatic carbocycles. The number of hydrogen-bond donors (Lipinski definition) is 0. The van der Waals surface area contributed by atoms with Crippen LogP contribution in [-0.2, 0) is 0 Å². The van der Waals surface area contributed by atoms with Crippen molar-refractivity contribution in [3.8, 4) is 5.88 Å². The molecule has 2 aromatic rings. The van der Waals surface area contributed by atoms with Crippen molar-refractivity contribution in [3.05, 3.63) is 42.0 Å². The molecule has 1 aliphatic heterocycles. The largest absolute Gasteiger partial charge is 0.471 e. The fourth-order valence-electron chi connectivity index (χ4n) is 2.19. The molecule has 0 N–H and O–H groups in total. The van der Waals surface area contributed by atoms with Crippen LogP contribution in [0.25, 0.3) is 0 Å². The number of amides is 1. The zero-order valence-electron chi connectivity index (χ0n) is 11.2. The number of nitrogens with zero attached hydrogens (tertiary/aromatic N) is 3. The molecule has 0 saturated carbocycles. The van der Waals surface area contributed by atoms with Crippen molar-refractivity contribution in [2.24, 2.45) is 0 Å². The van der Waals surface area contributed by atoms with E-state index in [1.165, 1.54) is 6.26 Å². The van der Waals surface area contributed by atoms with Crippen molar-refractivity contribution in [3.63, 3.8) is 0 Å². The predicted molar refractivity (Wildman–Crippen MR) is 70.4 cm³/mol. The molecule has 0 spiro atoms. The van der Waals surface area contributed by atoms with E-state index in [0.717, 1.165) is 12.1 Å². The number of aromatic nitrogens is 2. The maximum atomic E-state index is 12.1. The van der Waals surface area contributed by atoms with Crippen molar-refractivity contribution >= 4 is 5.91 Å². The van der Waals surface area contributed by atoms with Gasteiger partial charge in [-0.3, -0.25) is 4.79 Å². The van der Waals surface area contributed by atoms with Gasteiger partial charge < -0.3 is 14.1 Å². The van der Waals surface area contributed by atoms with Crippen molar-refractivity contribution < 1.29 is 13.9 Å². The monoisotopic (exact) mass is 273 g/mol. The number of rotatable bonds is 3. The van der Waals surface area contributed by atoms with Gasteiger partial charge in [0.25, 0.3) is 5.91 Å². The van der Waals surface area contributed by atoms with E-state index in [2.05, 4.69) is 10.2 Å². The van der Waals surface area contributed by atoms with Crippen LogP contribution in [0.2, 0.25) is 0 Å². The Morgan fingerprint density at radius 2 is 2.30 bits per heavy atom. The minimum atomic E-state index is -0.101. The highest BCUT2D eigenvalue weighted by molar-refractivity contribution is 5.91. The van der Waals surface area contributed by atoms with Crippen molar-refractivity contribution in [2.45, 2.75) is 19.4 Å². The van der Waals surface area contributed by atoms with Crippen LogP contribution < -0.4 is 4.74 Å². The zero-order valence-corrected chi connectivity index (χ0v) is 11.2. The first-order valence-electron chi connectivity index (χ1n) is 6.52. The smallest absolute Gasteiger partial charge is 0.289 e. The molecule has 0 aliphatic carbocycles. The highest BCUT2D eigenvalue weighted by atomic mass is 16.5. The van der Waals surface area contributed by atoms with E-state index >= 15 is 0 Å². The molecular formula is C14H15N3O3. The Kier molecular flexibility index (Phi) is 3.37. The number of ether oxygens (including phenoxy) is 1. The molecule has 6 nitrogen and oxygen atoms in total. The lowest BCUT2D eigenvalue weighted by Crippen LogP contribution is -2.30. The SMILES string of the molecule is Cc1ccc(O[C@H]2CCN(C(=O)c3ccco3)C2)nn1. The second-order valence-corrected chi connectivity index (χ2v) is 4.77. The third-order valence-corrected chi connectivity index (χ3v) is 3.23. The van der Waals surface area contributed by atoms with E-state index in [9.17, 15) is 4.79 Å². The Labute approximate surface area is 116 Å². The summed E-state index contributed by atoms with van der Waals surface area (Å²) < 4.78 is 10.8. The summed E-state index contributed by atoms with van der Waals surface area (Å²) in [5.74, 6) is 0.754. The van der Waals surface area contributed by atoms with Gasteiger partial charge in [0.05, 0.1) is 18.5 Å².